The van der Waals surface area contributed by atoms with Crippen molar-refractivity contribution in [3.8, 4) is 0 Å². The third kappa shape index (κ3) is 4.49. The smallest absolute Gasteiger partial charge is 0.0498 e. The fourth-order valence-corrected chi connectivity index (χ4v) is 1.66. The second-order valence-corrected chi connectivity index (χ2v) is 3.94. The predicted octanol–water partition coefficient (Wildman–Crippen LogP) is 1.63. The molecule has 0 spiro atoms. The normalized spacial score (nSPS) is 22.0. The molecule has 4 nitrogen and oxygen atoms in total. The van der Waals surface area contributed by atoms with E-state index in [-0.39, 0.29) is 0 Å². The second kappa shape index (κ2) is 7.06. The van der Waals surface area contributed by atoms with Crippen LogP contribution < -0.4 is 10.9 Å². The van der Waals surface area contributed by atoms with Crippen LogP contribution in [0, 0.1) is 5.92 Å². The van der Waals surface area contributed by atoms with Crippen LogP contribution in [0.2, 0.25) is 0 Å². The molecule has 1 fully saturated rings. The van der Waals surface area contributed by atoms with Gasteiger partial charge in [-0.25, -0.2) is 0 Å². The van der Waals surface area contributed by atoms with Crippen LogP contribution in [0.4, 0.5) is 0 Å². The van der Waals surface area contributed by atoms with Crippen LogP contribution in [-0.2, 0) is 4.74 Å². The molecule has 1 heterocycles. The van der Waals surface area contributed by atoms with Gasteiger partial charge in [0.05, 0.1) is 0 Å². The Hall–Kier alpha value is -1.29. The number of rotatable bonds is 6. The van der Waals surface area contributed by atoms with Crippen LogP contribution in [0.1, 0.15) is 19.8 Å². The second-order valence-electron chi connectivity index (χ2n) is 3.94. The first-order valence-corrected chi connectivity index (χ1v) is 5.60. The largest absolute Gasteiger partial charge is 0.381 e. The van der Waals surface area contributed by atoms with Gasteiger partial charge in [0.1, 0.15) is 0 Å². The van der Waals surface area contributed by atoms with Crippen molar-refractivity contribution in [2.75, 3.05) is 20.3 Å². The minimum absolute atomic E-state index is 0.607. The molecule has 0 amide bonds. The Bertz CT molecular complexity index is 278. The van der Waals surface area contributed by atoms with E-state index in [0.717, 1.165) is 37.5 Å². The standard InChI is InChI=1S/C12H21N3O/c1-4-14-15-12(7-10(2)13-3)8-11-5-6-16-9-11/h4,7,11,14-15H,1,5-6,8-9H2,2-3H3/b12-7+,13-10?. The van der Waals surface area contributed by atoms with Crippen molar-refractivity contribution in [3.05, 3.63) is 24.6 Å². The Morgan fingerprint density at radius 1 is 1.62 bits per heavy atom. The molecule has 1 atom stereocenters. The van der Waals surface area contributed by atoms with Gasteiger partial charge in [0.25, 0.3) is 0 Å². The summed E-state index contributed by atoms with van der Waals surface area (Å²) in [6.07, 6.45) is 5.79. The van der Waals surface area contributed by atoms with Gasteiger partial charge in [-0.15, -0.1) is 0 Å². The molecular formula is C12H21N3O. The molecule has 0 bridgehead atoms. The maximum Gasteiger partial charge on any atom is 0.0498 e. The average Bonchev–Trinajstić information content (AvgIpc) is 2.78. The molecule has 90 valence electrons. The maximum absolute atomic E-state index is 5.37. The Labute approximate surface area is 97.4 Å². The number of hydrazine groups is 1. The Balaban J connectivity index is 2.54. The van der Waals surface area contributed by atoms with Crippen LogP contribution in [0.15, 0.2) is 29.5 Å². The number of hydrogen-bond acceptors (Lipinski definition) is 4. The summed E-state index contributed by atoms with van der Waals surface area (Å²) in [7, 11) is 1.79. The highest BCUT2D eigenvalue weighted by Crippen LogP contribution is 2.19. The Kier molecular flexibility index (Phi) is 5.64. The molecule has 0 aromatic carbocycles. The molecule has 0 radical (unpaired) electrons. The van der Waals surface area contributed by atoms with E-state index in [4.69, 9.17) is 4.74 Å². The summed E-state index contributed by atoms with van der Waals surface area (Å²) in [4.78, 5) is 4.13. The van der Waals surface area contributed by atoms with E-state index < -0.39 is 0 Å². The van der Waals surface area contributed by atoms with Gasteiger partial charge in [-0.3, -0.25) is 4.99 Å². The van der Waals surface area contributed by atoms with Gasteiger partial charge in [0.2, 0.25) is 0 Å². The van der Waals surface area contributed by atoms with Crippen molar-refractivity contribution in [2.45, 2.75) is 19.8 Å². The van der Waals surface area contributed by atoms with E-state index >= 15 is 0 Å². The number of aliphatic imine (C=N–C) groups is 1. The van der Waals surface area contributed by atoms with Crippen molar-refractivity contribution < 1.29 is 4.74 Å². The number of nitrogens with zero attached hydrogens (tertiary/aromatic N) is 1. The summed E-state index contributed by atoms with van der Waals surface area (Å²) in [5, 5.41) is 0. The summed E-state index contributed by atoms with van der Waals surface area (Å²) in [5.74, 6) is 0.607. The van der Waals surface area contributed by atoms with Gasteiger partial charge < -0.3 is 15.6 Å². The fourth-order valence-electron chi connectivity index (χ4n) is 1.66. The van der Waals surface area contributed by atoms with E-state index in [9.17, 15) is 0 Å². The van der Waals surface area contributed by atoms with E-state index in [1.54, 1.807) is 13.2 Å². The first-order chi connectivity index (χ1) is 7.76. The summed E-state index contributed by atoms with van der Waals surface area (Å²) in [6.45, 7) is 7.33. The maximum atomic E-state index is 5.37. The third-order valence-corrected chi connectivity index (χ3v) is 2.60. The monoisotopic (exact) mass is 223 g/mol. The predicted molar refractivity (Wildman–Crippen MR) is 67.1 cm³/mol. The molecule has 4 heteroatoms. The highest BCUT2D eigenvalue weighted by molar-refractivity contribution is 5.93. The molecule has 1 aliphatic rings. The lowest BCUT2D eigenvalue weighted by Crippen LogP contribution is -2.27. The minimum atomic E-state index is 0.607. The topological polar surface area (TPSA) is 45.7 Å². The number of allylic oxidation sites excluding steroid dienone is 2. The summed E-state index contributed by atoms with van der Waals surface area (Å²) in [5.41, 5.74) is 8.15. The van der Waals surface area contributed by atoms with E-state index in [1.165, 1.54) is 0 Å². The van der Waals surface area contributed by atoms with Crippen molar-refractivity contribution in [3.63, 3.8) is 0 Å². The van der Waals surface area contributed by atoms with Crippen LogP contribution in [-0.4, -0.2) is 26.0 Å². The SMILES string of the molecule is C=CNN/C(=C/C(C)=NC)CC1CCOC1. The lowest BCUT2D eigenvalue weighted by atomic mass is 10.0. The average molecular weight is 223 g/mol. The molecule has 0 saturated carbocycles. The van der Waals surface area contributed by atoms with Gasteiger partial charge >= 0.3 is 0 Å². The molecule has 0 aromatic heterocycles. The number of nitrogens with one attached hydrogen (secondary N) is 2. The highest BCUT2D eigenvalue weighted by Gasteiger charge is 2.17. The van der Waals surface area contributed by atoms with Gasteiger partial charge in [0.15, 0.2) is 0 Å². The molecule has 2 N–H and O–H groups in total. The van der Waals surface area contributed by atoms with E-state index in [0.29, 0.717) is 5.92 Å². The van der Waals surface area contributed by atoms with Crippen LogP contribution in [0.5, 0.6) is 0 Å². The van der Waals surface area contributed by atoms with Gasteiger partial charge in [0, 0.05) is 37.9 Å². The summed E-state index contributed by atoms with van der Waals surface area (Å²) in [6, 6.07) is 0. The summed E-state index contributed by atoms with van der Waals surface area (Å²) >= 11 is 0. The Morgan fingerprint density at radius 2 is 2.44 bits per heavy atom. The van der Waals surface area contributed by atoms with E-state index in [1.807, 2.05) is 6.92 Å². The van der Waals surface area contributed by atoms with E-state index in [2.05, 4.69) is 28.5 Å². The van der Waals surface area contributed by atoms with Crippen molar-refractivity contribution in [1.29, 1.82) is 0 Å². The Morgan fingerprint density at radius 3 is 3.00 bits per heavy atom. The van der Waals surface area contributed by atoms with Crippen molar-refractivity contribution in [1.82, 2.24) is 10.9 Å². The minimum Gasteiger partial charge on any atom is -0.381 e. The quantitative estimate of drug-likeness (QED) is 0.531. The molecular weight excluding hydrogens is 202 g/mol. The molecule has 1 unspecified atom stereocenters. The fraction of sp³-hybridized carbons (Fsp3) is 0.583. The molecule has 1 saturated heterocycles. The van der Waals surface area contributed by atoms with Crippen molar-refractivity contribution >= 4 is 5.71 Å². The number of hydrogen-bond donors (Lipinski definition) is 2. The molecule has 16 heavy (non-hydrogen) atoms. The first kappa shape index (κ1) is 12.8. The molecule has 0 aliphatic carbocycles. The van der Waals surface area contributed by atoms with Crippen LogP contribution >= 0.6 is 0 Å². The molecule has 0 aromatic rings. The van der Waals surface area contributed by atoms with Crippen molar-refractivity contribution in [2.24, 2.45) is 10.9 Å². The lowest BCUT2D eigenvalue weighted by molar-refractivity contribution is 0.185. The highest BCUT2D eigenvalue weighted by atomic mass is 16.5. The molecule has 1 rings (SSSR count). The van der Waals surface area contributed by atoms with Gasteiger partial charge in [-0.1, -0.05) is 6.58 Å². The zero-order valence-corrected chi connectivity index (χ0v) is 10.1. The van der Waals surface area contributed by atoms with Gasteiger partial charge in [-0.2, -0.15) is 0 Å². The zero-order valence-electron chi connectivity index (χ0n) is 10.1. The van der Waals surface area contributed by atoms with Gasteiger partial charge in [-0.05, 0) is 31.8 Å². The number of ether oxygens (including phenoxy) is 1. The third-order valence-electron chi connectivity index (χ3n) is 2.60. The zero-order chi connectivity index (χ0) is 11.8. The van der Waals surface area contributed by atoms with Crippen LogP contribution in [0.3, 0.4) is 0 Å². The molecule has 1 aliphatic heterocycles. The first-order valence-electron chi connectivity index (χ1n) is 5.60. The summed E-state index contributed by atoms with van der Waals surface area (Å²) < 4.78 is 5.37. The van der Waals surface area contributed by atoms with Crippen LogP contribution in [0.25, 0.3) is 0 Å². The lowest BCUT2D eigenvalue weighted by Gasteiger charge is -2.14.